The van der Waals surface area contributed by atoms with E-state index in [9.17, 15) is 4.79 Å². The predicted molar refractivity (Wildman–Crippen MR) is 94.9 cm³/mol. The van der Waals surface area contributed by atoms with E-state index >= 15 is 0 Å². The monoisotopic (exact) mass is 344 g/mol. The van der Waals surface area contributed by atoms with Gasteiger partial charge in [-0.3, -0.25) is 9.63 Å². The van der Waals surface area contributed by atoms with Crippen molar-refractivity contribution in [3.63, 3.8) is 0 Å². The van der Waals surface area contributed by atoms with Crippen molar-refractivity contribution in [2.75, 3.05) is 13.2 Å². The summed E-state index contributed by atoms with van der Waals surface area (Å²) in [5, 5.41) is 5.23. The van der Waals surface area contributed by atoms with Crippen LogP contribution in [0.3, 0.4) is 0 Å². The van der Waals surface area contributed by atoms with Crippen molar-refractivity contribution >= 4 is 6.41 Å². The number of allylic oxidation sites excluding steroid dienone is 1. The molecule has 0 fully saturated rings. The number of amides is 1. The van der Waals surface area contributed by atoms with Crippen molar-refractivity contribution in [1.82, 2.24) is 10.2 Å². The second-order valence-corrected chi connectivity index (χ2v) is 6.45. The number of carbonyl (C=O) groups is 1. The van der Waals surface area contributed by atoms with Gasteiger partial charge in [-0.2, -0.15) is 0 Å². The summed E-state index contributed by atoms with van der Waals surface area (Å²) in [6, 6.07) is 9.70. The molecule has 0 saturated carbocycles. The fraction of sp³-hybridized carbons (Fsp3) is 0.368. The van der Waals surface area contributed by atoms with E-state index in [0.717, 1.165) is 11.1 Å². The molecule has 1 heterocycles. The van der Waals surface area contributed by atoms with Crippen molar-refractivity contribution in [2.45, 2.75) is 32.8 Å². The molecular formula is C19H24N2O4. The quantitative estimate of drug-likeness (QED) is 0.395. The van der Waals surface area contributed by atoms with E-state index in [1.54, 1.807) is 6.08 Å². The predicted octanol–water partition coefficient (Wildman–Crippen LogP) is 3.64. The first-order valence-electron chi connectivity index (χ1n) is 8.13. The molecule has 6 heteroatoms. The topological polar surface area (TPSA) is 64.8 Å². The molecule has 0 bridgehead atoms. The molecule has 2 rings (SSSR count). The molecule has 134 valence electrons. The first-order chi connectivity index (χ1) is 11.9. The highest BCUT2D eigenvalue weighted by Crippen LogP contribution is 2.31. The van der Waals surface area contributed by atoms with Crippen LogP contribution >= 0.6 is 0 Å². The van der Waals surface area contributed by atoms with Crippen LogP contribution in [-0.4, -0.2) is 35.4 Å². The van der Waals surface area contributed by atoms with E-state index in [2.05, 4.69) is 11.7 Å². The Morgan fingerprint density at radius 2 is 2.00 bits per heavy atom. The number of nitrogens with zero attached hydrogens (tertiary/aromatic N) is 2. The average molecular weight is 344 g/mol. The smallest absolute Gasteiger partial charge is 0.258 e. The average Bonchev–Trinajstić information content (AvgIpc) is 2.97. The van der Waals surface area contributed by atoms with Gasteiger partial charge in [-0.1, -0.05) is 36.4 Å². The number of carbonyl (C=O) groups excluding carboxylic acids is 1. The number of benzene rings is 1. The van der Waals surface area contributed by atoms with E-state index in [0.29, 0.717) is 24.5 Å². The zero-order chi connectivity index (χ0) is 18.3. The summed E-state index contributed by atoms with van der Waals surface area (Å²) in [4.78, 5) is 16.6. The summed E-state index contributed by atoms with van der Waals surface area (Å²) in [5.74, 6) is 1.06. The number of ether oxygens (including phenoxy) is 1. The van der Waals surface area contributed by atoms with Crippen molar-refractivity contribution in [1.29, 1.82) is 0 Å². The van der Waals surface area contributed by atoms with Gasteiger partial charge in [0, 0.05) is 5.56 Å². The third-order valence-electron chi connectivity index (χ3n) is 3.20. The molecule has 6 nitrogen and oxygen atoms in total. The highest BCUT2D eigenvalue weighted by molar-refractivity contribution is 5.63. The molecule has 0 saturated heterocycles. The molecule has 2 aromatic rings. The zero-order valence-electron chi connectivity index (χ0n) is 14.9. The van der Waals surface area contributed by atoms with Crippen LogP contribution in [0.1, 0.15) is 26.3 Å². The van der Waals surface area contributed by atoms with E-state index in [1.165, 1.54) is 5.06 Å². The van der Waals surface area contributed by atoms with Crippen LogP contribution in [0.4, 0.5) is 0 Å². The van der Waals surface area contributed by atoms with Crippen molar-refractivity contribution in [3.05, 3.63) is 48.6 Å². The summed E-state index contributed by atoms with van der Waals surface area (Å²) in [6.45, 7) is 9.90. The fourth-order valence-corrected chi connectivity index (χ4v) is 2.25. The molecule has 1 aromatic heterocycles. The standard InChI is InChI=1S/C19H24N2O4/c1-5-9-16-17(15-10-7-6-8-11-15)24-20-18(16)23-13-12-21(14-22)25-19(2,3)4/h5-8,10-11,14H,1,9,12-13H2,2-4H3. The summed E-state index contributed by atoms with van der Waals surface area (Å²) in [6.07, 6.45) is 2.97. The minimum atomic E-state index is -0.455. The normalized spacial score (nSPS) is 11.2. The second kappa shape index (κ2) is 8.48. The summed E-state index contributed by atoms with van der Waals surface area (Å²) < 4.78 is 11.2. The van der Waals surface area contributed by atoms with Crippen LogP contribution in [0, 0.1) is 0 Å². The zero-order valence-corrected chi connectivity index (χ0v) is 14.9. The van der Waals surface area contributed by atoms with Gasteiger partial charge >= 0.3 is 0 Å². The number of hydrogen-bond acceptors (Lipinski definition) is 5. The highest BCUT2D eigenvalue weighted by Gasteiger charge is 2.19. The van der Waals surface area contributed by atoms with Crippen LogP contribution in [0.25, 0.3) is 11.3 Å². The largest absolute Gasteiger partial charge is 0.473 e. The lowest BCUT2D eigenvalue weighted by molar-refractivity contribution is -0.217. The summed E-state index contributed by atoms with van der Waals surface area (Å²) in [5.41, 5.74) is 1.30. The van der Waals surface area contributed by atoms with Crippen LogP contribution in [0.2, 0.25) is 0 Å². The molecule has 0 aliphatic heterocycles. The maximum atomic E-state index is 11.1. The van der Waals surface area contributed by atoms with Crippen LogP contribution < -0.4 is 4.74 Å². The van der Waals surface area contributed by atoms with Crippen LogP contribution in [0.5, 0.6) is 5.88 Å². The molecule has 0 radical (unpaired) electrons. The molecular weight excluding hydrogens is 320 g/mol. The van der Waals surface area contributed by atoms with Crippen molar-refractivity contribution in [3.8, 4) is 17.2 Å². The van der Waals surface area contributed by atoms with E-state index < -0.39 is 5.60 Å². The van der Waals surface area contributed by atoms with Gasteiger partial charge in [0.2, 0.25) is 6.41 Å². The molecule has 0 atom stereocenters. The number of hydroxylamine groups is 2. The van der Waals surface area contributed by atoms with Gasteiger partial charge in [0.1, 0.15) is 6.61 Å². The first-order valence-corrected chi connectivity index (χ1v) is 8.13. The number of aromatic nitrogens is 1. The maximum absolute atomic E-state index is 11.1. The van der Waals surface area contributed by atoms with Crippen LogP contribution in [0.15, 0.2) is 47.5 Å². The van der Waals surface area contributed by atoms with Gasteiger partial charge in [0.05, 0.1) is 17.7 Å². The van der Waals surface area contributed by atoms with Gasteiger partial charge in [0.15, 0.2) is 5.76 Å². The lowest BCUT2D eigenvalue weighted by Crippen LogP contribution is -2.35. The number of hydrogen-bond donors (Lipinski definition) is 0. The molecule has 0 aliphatic carbocycles. The Morgan fingerprint density at radius 3 is 2.60 bits per heavy atom. The van der Waals surface area contributed by atoms with Gasteiger partial charge < -0.3 is 9.26 Å². The van der Waals surface area contributed by atoms with Gasteiger partial charge in [-0.05, 0) is 32.3 Å². The van der Waals surface area contributed by atoms with Crippen molar-refractivity contribution < 1.29 is 18.9 Å². The molecule has 0 unspecified atom stereocenters. The molecule has 0 spiro atoms. The minimum Gasteiger partial charge on any atom is -0.473 e. The van der Waals surface area contributed by atoms with Gasteiger partial charge in [-0.25, -0.2) is 5.06 Å². The van der Waals surface area contributed by atoms with Crippen molar-refractivity contribution in [2.24, 2.45) is 0 Å². The molecule has 1 aromatic carbocycles. The Bertz CT molecular complexity index is 689. The highest BCUT2D eigenvalue weighted by atomic mass is 16.7. The Hall–Kier alpha value is -2.60. The Kier molecular flexibility index (Phi) is 6.36. The summed E-state index contributed by atoms with van der Waals surface area (Å²) in [7, 11) is 0. The van der Waals surface area contributed by atoms with E-state index in [4.69, 9.17) is 14.1 Å². The van der Waals surface area contributed by atoms with E-state index in [1.807, 2.05) is 51.1 Å². The second-order valence-electron chi connectivity index (χ2n) is 6.45. The number of rotatable bonds is 9. The Morgan fingerprint density at radius 1 is 1.28 bits per heavy atom. The molecule has 1 amide bonds. The fourth-order valence-electron chi connectivity index (χ4n) is 2.25. The molecule has 25 heavy (non-hydrogen) atoms. The van der Waals surface area contributed by atoms with E-state index in [-0.39, 0.29) is 13.2 Å². The maximum Gasteiger partial charge on any atom is 0.258 e. The minimum absolute atomic E-state index is 0.236. The van der Waals surface area contributed by atoms with Gasteiger partial charge in [-0.15, -0.1) is 6.58 Å². The van der Waals surface area contributed by atoms with Crippen LogP contribution in [-0.2, 0) is 16.1 Å². The Balaban J connectivity index is 2.06. The summed E-state index contributed by atoms with van der Waals surface area (Å²) >= 11 is 0. The molecule has 0 N–H and O–H groups in total. The third kappa shape index (κ3) is 5.46. The van der Waals surface area contributed by atoms with Gasteiger partial charge in [0.25, 0.3) is 5.88 Å². The first kappa shape index (κ1) is 18.7. The third-order valence-corrected chi connectivity index (χ3v) is 3.20. The SMILES string of the molecule is C=CCc1c(OCCN(C=O)OC(C)(C)C)noc1-c1ccccc1. The lowest BCUT2D eigenvalue weighted by atomic mass is 10.1. The Labute approximate surface area is 148 Å². The molecule has 0 aliphatic rings. The lowest BCUT2D eigenvalue weighted by Gasteiger charge is -2.26.